The minimum Gasteiger partial charge on any atom is -0.497 e. The van der Waals surface area contributed by atoms with Crippen molar-refractivity contribution in [3.05, 3.63) is 40.4 Å². The summed E-state index contributed by atoms with van der Waals surface area (Å²) in [6.45, 7) is 3.75. The smallest absolute Gasteiger partial charge is 0.267 e. The number of likely N-dealkylation sites (tertiary alicyclic amines) is 1. The van der Waals surface area contributed by atoms with Crippen molar-refractivity contribution in [1.82, 2.24) is 19.8 Å². The van der Waals surface area contributed by atoms with Gasteiger partial charge in [0, 0.05) is 26.1 Å². The van der Waals surface area contributed by atoms with Gasteiger partial charge in [0.2, 0.25) is 5.91 Å². The van der Waals surface area contributed by atoms with Crippen molar-refractivity contribution < 1.29 is 14.3 Å². The molecule has 8 heteroatoms. The zero-order valence-corrected chi connectivity index (χ0v) is 17.1. The van der Waals surface area contributed by atoms with E-state index in [1.165, 1.54) is 0 Å². The van der Waals surface area contributed by atoms with Gasteiger partial charge in [0.15, 0.2) is 0 Å². The molecule has 0 bridgehead atoms. The number of aryl methyl sites for hydroxylation is 1. The van der Waals surface area contributed by atoms with Crippen LogP contribution in [-0.4, -0.2) is 46.5 Å². The first-order valence-corrected chi connectivity index (χ1v) is 10.3. The summed E-state index contributed by atoms with van der Waals surface area (Å²) in [6.07, 6.45) is 3.27. The van der Waals surface area contributed by atoms with Gasteiger partial charge < -0.3 is 15.0 Å². The van der Waals surface area contributed by atoms with Crippen LogP contribution in [-0.2, 0) is 11.3 Å². The number of ether oxygens (including phenoxy) is 1. The first-order valence-electron chi connectivity index (χ1n) is 9.54. The molecule has 1 aliphatic rings. The number of aromatic nitrogens is 2. The minimum absolute atomic E-state index is 0.0136. The van der Waals surface area contributed by atoms with E-state index in [2.05, 4.69) is 14.9 Å². The van der Waals surface area contributed by atoms with Crippen LogP contribution in [0.4, 0.5) is 0 Å². The van der Waals surface area contributed by atoms with E-state index in [4.69, 9.17) is 4.74 Å². The summed E-state index contributed by atoms with van der Waals surface area (Å²) in [5.74, 6) is 1.18. The number of nitrogens with one attached hydrogen (secondary N) is 1. The molecule has 3 rings (SSSR count). The molecule has 7 nitrogen and oxygen atoms in total. The number of piperidine rings is 1. The van der Waals surface area contributed by atoms with Gasteiger partial charge in [0.1, 0.15) is 10.6 Å². The molecular formula is C20H26N4O3S. The number of hydrogen-bond donors (Lipinski definition) is 1. The Morgan fingerprint density at radius 3 is 3.00 bits per heavy atom. The highest BCUT2D eigenvalue weighted by atomic mass is 32.1. The molecule has 2 heterocycles. The third-order valence-corrected chi connectivity index (χ3v) is 5.87. The number of carbonyl (C=O) groups is 2. The summed E-state index contributed by atoms with van der Waals surface area (Å²) in [5, 5.41) is 6.89. The molecule has 28 heavy (non-hydrogen) atoms. The zero-order valence-electron chi connectivity index (χ0n) is 16.3. The molecule has 1 unspecified atom stereocenters. The fourth-order valence-corrected chi connectivity index (χ4v) is 4.09. The SMILES string of the molecule is COc1cccc(CNC(=O)CCC2CCCN(C(=O)c3snnc3C)C2)c1. The zero-order chi connectivity index (χ0) is 19.9. The Balaban J connectivity index is 1.44. The third-order valence-electron chi connectivity index (χ3n) is 5.06. The number of nitrogens with zero attached hydrogens (tertiary/aromatic N) is 3. The van der Waals surface area contributed by atoms with Gasteiger partial charge in [0.05, 0.1) is 12.8 Å². The molecule has 0 saturated carbocycles. The van der Waals surface area contributed by atoms with Crippen molar-refractivity contribution in [1.29, 1.82) is 0 Å². The topological polar surface area (TPSA) is 84.4 Å². The number of rotatable bonds is 7. The van der Waals surface area contributed by atoms with Crippen LogP contribution >= 0.6 is 11.5 Å². The predicted molar refractivity (Wildman–Crippen MR) is 107 cm³/mol. The molecule has 1 aromatic heterocycles. The van der Waals surface area contributed by atoms with Crippen molar-refractivity contribution in [2.45, 2.75) is 39.2 Å². The number of benzene rings is 1. The number of amides is 2. The molecule has 150 valence electrons. The van der Waals surface area contributed by atoms with Crippen LogP contribution in [0.1, 0.15) is 46.6 Å². The van der Waals surface area contributed by atoms with E-state index in [0.717, 1.165) is 48.7 Å². The molecule has 0 aliphatic carbocycles. The molecular weight excluding hydrogens is 376 g/mol. The molecule has 1 saturated heterocycles. The van der Waals surface area contributed by atoms with Crippen molar-refractivity contribution in [2.24, 2.45) is 5.92 Å². The Morgan fingerprint density at radius 2 is 2.25 bits per heavy atom. The normalized spacial score (nSPS) is 16.6. The molecule has 1 aromatic carbocycles. The predicted octanol–water partition coefficient (Wildman–Crippen LogP) is 2.80. The summed E-state index contributed by atoms with van der Waals surface area (Å²) in [5.41, 5.74) is 1.70. The Labute approximate surface area is 169 Å². The van der Waals surface area contributed by atoms with Crippen LogP contribution < -0.4 is 10.1 Å². The Hall–Kier alpha value is -2.48. The molecule has 0 spiro atoms. The van der Waals surface area contributed by atoms with Crippen LogP contribution in [0.5, 0.6) is 5.75 Å². The summed E-state index contributed by atoms with van der Waals surface area (Å²) >= 11 is 1.15. The fourth-order valence-electron chi connectivity index (χ4n) is 3.46. The minimum atomic E-state index is 0.0136. The summed E-state index contributed by atoms with van der Waals surface area (Å²) in [4.78, 5) is 27.4. The van der Waals surface area contributed by atoms with Crippen molar-refractivity contribution in [3.63, 3.8) is 0 Å². The van der Waals surface area contributed by atoms with Crippen LogP contribution in [0.15, 0.2) is 24.3 Å². The van der Waals surface area contributed by atoms with Crippen LogP contribution in [0.3, 0.4) is 0 Å². The highest BCUT2D eigenvalue weighted by Crippen LogP contribution is 2.24. The Kier molecular flexibility index (Phi) is 6.97. The molecule has 0 radical (unpaired) electrons. The summed E-state index contributed by atoms with van der Waals surface area (Å²) in [6, 6.07) is 7.67. The molecule has 1 aliphatic heterocycles. The lowest BCUT2D eigenvalue weighted by atomic mass is 9.93. The average molecular weight is 403 g/mol. The third kappa shape index (κ3) is 5.28. The van der Waals surface area contributed by atoms with E-state index in [0.29, 0.717) is 36.0 Å². The molecule has 2 amide bonds. The lowest BCUT2D eigenvalue weighted by Gasteiger charge is -2.32. The van der Waals surface area contributed by atoms with Gasteiger partial charge in [-0.05, 0) is 61.3 Å². The van der Waals surface area contributed by atoms with Crippen LogP contribution in [0.2, 0.25) is 0 Å². The second-order valence-corrected chi connectivity index (χ2v) is 7.87. The monoisotopic (exact) mass is 402 g/mol. The quantitative estimate of drug-likeness (QED) is 0.770. The Morgan fingerprint density at radius 1 is 1.39 bits per heavy atom. The lowest BCUT2D eigenvalue weighted by Crippen LogP contribution is -2.40. The van der Waals surface area contributed by atoms with E-state index < -0.39 is 0 Å². The van der Waals surface area contributed by atoms with E-state index in [1.807, 2.05) is 36.1 Å². The van der Waals surface area contributed by atoms with Gasteiger partial charge in [-0.15, -0.1) is 5.10 Å². The lowest BCUT2D eigenvalue weighted by molar-refractivity contribution is -0.121. The highest BCUT2D eigenvalue weighted by molar-refractivity contribution is 7.07. The van der Waals surface area contributed by atoms with Gasteiger partial charge in [0.25, 0.3) is 5.91 Å². The van der Waals surface area contributed by atoms with Crippen molar-refractivity contribution in [2.75, 3.05) is 20.2 Å². The molecule has 1 atom stereocenters. The van der Waals surface area contributed by atoms with Gasteiger partial charge in [-0.1, -0.05) is 16.6 Å². The molecule has 1 fully saturated rings. The van der Waals surface area contributed by atoms with Gasteiger partial charge in [-0.3, -0.25) is 9.59 Å². The van der Waals surface area contributed by atoms with Crippen molar-refractivity contribution in [3.8, 4) is 5.75 Å². The second kappa shape index (κ2) is 9.64. The first kappa shape index (κ1) is 20.3. The molecule has 2 aromatic rings. The first-order chi connectivity index (χ1) is 13.6. The van der Waals surface area contributed by atoms with E-state index >= 15 is 0 Å². The summed E-state index contributed by atoms with van der Waals surface area (Å²) < 4.78 is 9.06. The molecule has 1 N–H and O–H groups in total. The van der Waals surface area contributed by atoms with Gasteiger partial charge in [-0.25, -0.2) is 0 Å². The maximum atomic E-state index is 12.6. The summed E-state index contributed by atoms with van der Waals surface area (Å²) in [7, 11) is 1.63. The number of methoxy groups -OCH3 is 1. The van der Waals surface area contributed by atoms with E-state index in [-0.39, 0.29) is 11.8 Å². The number of hydrogen-bond acceptors (Lipinski definition) is 6. The van der Waals surface area contributed by atoms with Crippen LogP contribution in [0.25, 0.3) is 0 Å². The largest absolute Gasteiger partial charge is 0.497 e. The second-order valence-electron chi connectivity index (χ2n) is 7.11. The van der Waals surface area contributed by atoms with E-state index in [9.17, 15) is 9.59 Å². The fraction of sp³-hybridized carbons (Fsp3) is 0.500. The van der Waals surface area contributed by atoms with Gasteiger partial charge >= 0.3 is 0 Å². The number of carbonyl (C=O) groups excluding carboxylic acids is 2. The Bertz CT molecular complexity index is 823. The standard InChI is InChI=1S/C20H26N4O3S/c1-14-19(28-23-22-14)20(26)24-10-4-6-15(13-24)8-9-18(25)21-12-16-5-3-7-17(11-16)27-2/h3,5,7,11,15H,4,6,8-10,12-13H2,1-2H3,(H,21,25). The average Bonchev–Trinajstić information content (AvgIpc) is 3.16. The van der Waals surface area contributed by atoms with Gasteiger partial charge in [-0.2, -0.15) is 0 Å². The van der Waals surface area contributed by atoms with Crippen molar-refractivity contribution >= 4 is 23.3 Å². The highest BCUT2D eigenvalue weighted by Gasteiger charge is 2.27. The van der Waals surface area contributed by atoms with E-state index in [1.54, 1.807) is 7.11 Å². The van der Waals surface area contributed by atoms with Crippen LogP contribution in [0, 0.1) is 12.8 Å². The maximum absolute atomic E-state index is 12.6. The maximum Gasteiger partial charge on any atom is 0.267 e.